The van der Waals surface area contributed by atoms with Crippen LogP contribution in [0.5, 0.6) is 0 Å². The molecular formula is C12H25N3. The molecule has 2 saturated heterocycles. The lowest BCUT2D eigenvalue weighted by Gasteiger charge is -2.48. The Labute approximate surface area is 93.8 Å². The number of nitrogens with zero attached hydrogens (tertiary/aromatic N) is 2. The van der Waals surface area contributed by atoms with Crippen molar-refractivity contribution in [1.29, 1.82) is 0 Å². The zero-order valence-electron chi connectivity index (χ0n) is 10.4. The van der Waals surface area contributed by atoms with Gasteiger partial charge < -0.3 is 10.2 Å². The van der Waals surface area contributed by atoms with Crippen LogP contribution < -0.4 is 5.32 Å². The van der Waals surface area contributed by atoms with Crippen molar-refractivity contribution >= 4 is 0 Å². The van der Waals surface area contributed by atoms with Crippen molar-refractivity contribution in [1.82, 2.24) is 15.1 Å². The molecule has 0 aromatic carbocycles. The SMILES string of the molecule is CN1CCN(C2CNCCC2(C)C)CC1. The van der Waals surface area contributed by atoms with Crippen LogP contribution in [-0.2, 0) is 0 Å². The Hall–Kier alpha value is -0.120. The van der Waals surface area contributed by atoms with E-state index in [9.17, 15) is 0 Å². The van der Waals surface area contributed by atoms with Gasteiger partial charge in [0.1, 0.15) is 0 Å². The van der Waals surface area contributed by atoms with Gasteiger partial charge >= 0.3 is 0 Å². The molecule has 2 aliphatic rings. The molecule has 0 amide bonds. The summed E-state index contributed by atoms with van der Waals surface area (Å²) >= 11 is 0. The molecule has 0 aliphatic carbocycles. The fraction of sp³-hybridized carbons (Fsp3) is 1.00. The molecule has 2 fully saturated rings. The molecule has 0 bridgehead atoms. The molecule has 1 N–H and O–H groups in total. The molecular weight excluding hydrogens is 186 g/mol. The van der Waals surface area contributed by atoms with E-state index in [1.807, 2.05) is 0 Å². The maximum Gasteiger partial charge on any atom is 0.0273 e. The van der Waals surface area contributed by atoms with Crippen molar-refractivity contribution in [2.24, 2.45) is 5.41 Å². The molecule has 3 nitrogen and oxygen atoms in total. The molecule has 2 rings (SSSR count). The Kier molecular flexibility index (Phi) is 3.33. The van der Waals surface area contributed by atoms with E-state index < -0.39 is 0 Å². The molecule has 0 aromatic rings. The van der Waals surface area contributed by atoms with Gasteiger partial charge in [0.2, 0.25) is 0 Å². The van der Waals surface area contributed by atoms with E-state index in [4.69, 9.17) is 0 Å². The number of hydrogen-bond acceptors (Lipinski definition) is 3. The van der Waals surface area contributed by atoms with Crippen LogP contribution in [0.3, 0.4) is 0 Å². The monoisotopic (exact) mass is 211 g/mol. The summed E-state index contributed by atoms with van der Waals surface area (Å²) in [5.74, 6) is 0. The van der Waals surface area contributed by atoms with Gasteiger partial charge in [-0.15, -0.1) is 0 Å². The summed E-state index contributed by atoms with van der Waals surface area (Å²) in [6, 6.07) is 0.736. The Morgan fingerprint density at radius 1 is 1.13 bits per heavy atom. The molecule has 1 unspecified atom stereocenters. The fourth-order valence-corrected chi connectivity index (χ4v) is 2.85. The van der Waals surface area contributed by atoms with E-state index in [0.29, 0.717) is 5.41 Å². The van der Waals surface area contributed by atoms with Gasteiger partial charge in [-0.3, -0.25) is 4.90 Å². The fourth-order valence-electron chi connectivity index (χ4n) is 2.85. The van der Waals surface area contributed by atoms with Crippen LogP contribution in [0, 0.1) is 5.41 Å². The van der Waals surface area contributed by atoms with Crippen LogP contribution in [-0.4, -0.2) is 62.2 Å². The minimum atomic E-state index is 0.487. The molecule has 15 heavy (non-hydrogen) atoms. The van der Waals surface area contributed by atoms with Crippen LogP contribution in [0.2, 0.25) is 0 Å². The molecule has 2 aliphatic heterocycles. The summed E-state index contributed by atoms with van der Waals surface area (Å²) in [7, 11) is 2.22. The first-order valence-corrected chi connectivity index (χ1v) is 6.23. The Balaban J connectivity index is 1.96. The normalized spacial score (nSPS) is 34.2. The molecule has 1 atom stereocenters. The summed E-state index contributed by atoms with van der Waals surface area (Å²) < 4.78 is 0. The number of rotatable bonds is 1. The van der Waals surface area contributed by atoms with Crippen molar-refractivity contribution in [2.45, 2.75) is 26.3 Å². The Morgan fingerprint density at radius 3 is 2.40 bits per heavy atom. The van der Waals surface area contributed by atoms with E-state index >= 15 is 0 Å². The first-order valence-electron chi connectivity index (χ1n) is 6.23. The second-order valence-electron chi connectivity index (χ2n) is 5.80. The maximum atomic E-state index is 3.54. The highest BCUT2D eigenvalue weighted by Gasteiger charge is 2.36. The van der Waals surface area contributed by atoms with Crippen molar-refractivity contribution < 1.29 is 0 Å². The number of nitrogens with one attached hydrogen (secondary N) is 1. The molecule has 2 heterocycles. The van der Waals surface area contributed by atoms with Gasteiger partial charge in [-0.2, -0.15) is 0 Å². The number of piperazine rings is 1. The number of hydrogen-bond donors (Lipinski definition) is 1. The van der Waals surface area contributed by atoms with Gasteiger partial charge in [-0.25, -0.2) is 0 Å². The van der Waals surface area contributed by atoms with Crippen LogP contribution in [0.15, 0.2) is 0 Å². The molecule has 0 aromatic heterocycles. The molecule has 3 heteroatoms. The van der Waals surface area contributed by atoms with Crippen LogP contribution in [0.1, 0.15) is 20.3 Å². The summed E-state index contributed by atoms with van der Waals surface area (Å²) in [6.07, 6.45) is 1.31. The third-order valence-corrected chi connectivity index (χ3v) is 4.16. The third kappa shape index (κ3) is 2.52. The Morgan fingerprint density at radius 2 is 1.80 bits per heavy atom. The van der Waals surface area contributed by atoms with Gasteiger partial charge in [0, 0.05) is 38.8 Å². The largest absolute Gasteiger partial charge is 0.315 e. The molecule has 88 valence electrons. The topological polar surface area (TPSA) is 18.5 Å². The smallest absolute Gasteiger partial charge is 0.0273 e. The minimum Gasteiger partial charge on any atom is -0.315 e. The number of likely N-dealkylation sites (N-methyl/N-ethyl adjacent to an activating group) is 1. The molecule has 0 radical (unpaired) electrons. The first kappa shape index (κ1) is 11.4. The van der Waals surface area contributed by atoms with Crippen molar-refractivity contribution in [3.8, 4) is 0 Å². The van der Waals surface area contributed by atoms with Crippen LogP contribution in [0.4, 0.5) is 0 Å². The van der Waals surface area contributed by atoms with Crippen LogP contribution >= 0.6 is 0 Å². The van der Waals surface area contributed by atoms with Gasteiger partial charge in [0.15, 0.2) is 0 Å². The minimum absolute atomic E-state index is 0.487. The standard InChI is InChI=1S/C12H25N3/c1-12(2)4-5-13-10-11(12)15-8-6-14(3)7-9-15/h11,13H,4-10H2,1-3H3. The lowest BCUT2D eigenvalue weighted by Crippen LogP contribution is -2.59. The highest BCUT2D eigenvalue weighted by Crippen LogP contribution is 2.31. The summed E-state index contributed by atoms with van der Waals surface area (Å²) in [5.41, 5.74) is 0.487. The van der Waals surface area contributed by atoms with E-state index in [1.54, 1.807) is 0 Å². The van der Waals surface area contributed by atoms with Gasteiger partial charge in [-0.05, 0) is 25.4 Å². The first-order chi connectivity index (χ1) is 7.09. The Bertz CT molecular complexity index is 207. The molecule has 0 spiro atoms. The van der Waals surface area contributed by atoms with Crippen molar-refractivity contribution in [3.63, 3.8) is 0 Å². The second kappa shape index (κ2) is 4.40. The van der Waals surface area contributed by atoms with Gasteiger partial charge in [0.05, 0.1) is 0 Å². The zero-order chi connectivity index (χ0) is 10.9. The van der Waals surface area contributed by atoms with Crippen molar-refractivity contribution in [3.05, 3.63) is 0 Å². The number of piperidine rings is 1. The highest BCUT2D eigenvalue weighted by atomic mass is 15.3. The lowest BCUT2D eigenvalue weighted by molar-refractivity contribution is 0.0276. The van der Waals surface area contributed by atoms with E-state index in [-0.39, 0.29) is 0 Å². The maximum absolute atomic E-state index is 3.54. The quantitative estimate of drug-likeness (QED) is 0.686. The van der Waals surface area contributed by atoms with E-state index in [2.05, 4.69) is 36.0 Å². The zero-order valence-corrected chi connectivity index (χ0v) is 10.4. The summed E-state index contributed by atoms with van der Waals surface area (Å²) in [4.78, 5) is 5.12. The average Bonchev–Trinajstić information content (AvgIpc) is 2.19. The summed E-state index contributed by atoms with van der Waals surface area (Å²) in [6.45, 7) is 12.2. The average molecular weight is 211 g/mol. The van der Waals surface area contributed by atoms with Crippen LogP contribution in [0.25, 0.3) is 0 Å². The van der Waals surface area contributed by atoms with Gasteiger partial charge in [-0.1, -0.05) is 13.8 Å². The van der Waals surface area contributed by atoms with Gasteiger partial charge in [0.25, 0.3) is 0 Å². The van der Waals surface area contributed by atoms with E-state index in [1.165, 1.54) is 45.7 Å². The predicted molar refractivity (Wildman–Crippen MR) is 64.1 cm³/mol. The van der Waals surface area contributed by atoms with E-state index in [0.717, 1.165) is 6.04 Å². The molecule has 0 saturated carbocycles. The predicted octanol–water partition coefficient (Wildman–Crippen LogP) is 0.622. The third-order valence-electron chi connectivity index (χ3n) is 4.16. The summed E-state index contributed by atoms with van der Waals surface area (Å²) in [5, 5.41) is 3.54. The highest BCUT2D eigenvalue weighted by molar-refractivity contribution is 4.93. The second-order valence-corrected chi connectivity index (χ2v) is 5.80. The lowest BCUT2D eigenvalue weighted by atomic mass is 9.77. The van der Waals surface area contributed by atoms with Crippen molar-refractivity contribution in [2.75, 3.05) is 46.3 Å².